The van der Waals surface area contributed by atoms with Crippen molar-refractivity contribution in [2.45, 2.75) is 63.5 Å². The maximum atomic E-state index is 13.6. The first-order chi connectivity index (χ1) is 19.4. The molecular formula is C33H44N4O4. The van der Waals surface area contributed by atoms with Crippen molar-refractivity contribution in [1.82, 2.24) is 15.5 Å². The van der Waals surface area contributed by atoms with Crippen LogP contribution in [-0.4, -0.2) is 55.4 Å². The van der Waals surface area contributed by atoms with E-state index in [0.29, 0.717) is 30.7 Å². The second-order valence-electron chi connectivity index (χ2n) is 11.6. The van der Waals surface area contributed by atoms with E-state index in [1.54, 1.807) is 40.0 Å². The molecule has 41 heavy (non-hydrogen) atoms. The summed E-state index contributed by atoms with van der Waals surface area (Å²) in [6, 6.07) is 16.8. The van der Waals surface area contributed by atoms with Crippen LogP contribution in [0.25, 0.3) is 0 Å². The average molecular weight is 561 g/mol. The summed E-state index contributed by atoms with van der Waals surface area (Å²) in [7, 11) is 5.09. The van der Waals surface area contributed by atoms with Crippen molar-refractivity contribution in [2.75, 3.05) is 21.2 Å². The number of nitrogens with zero attached hydrogens (tertiary/aromatic N) is 1. The number of likely N-dealkylation sites (N-methyl/N-ethyl adjacent to an activating group) is 1. The minimum atomic E-state index is -1.12. The summed E-state index contributed by atoms with van der Waals surface area (Å²) in [5.41, 5.74) is 6.67. The Kier molecular flexibility index (Phi) is 10.5. The number of amides is 3. The van der Waals surface area contributed by atoms with Crippen molar-refractivity contribution in [3.8, 4) is 5.75 Å². The van der Waals surface area contributed by atoms with Crippen LogP contribution in [0.2, 0.25) is 0 Å². The second kappa shape index (κ2) is 13.6. The standard InChI is InChI=1S/C33H44N4O4/c1-32(2,34)30(39)36-28(17-10-14-23-12-8-7-9-13-23)29(38)35-26-16-11-15-25(22-26)33(3,31(40)37(4)5)24-18-20-27(41-6)21-19-24/h7-9,11-13,15,18-22,25,28H,10,14,16-17,34H2,1-6H3,(H,35,38)(H,36,39). The number of hydrogen-bond donors (Lipinski definition) is 3. The van der Waals surface area contributed by atoms with Crippen LogP contribution in [0.4, 0.5) is 0 Å². The lowest BCUT2D eigenvalue weighted by atomic mass is 9.69. The normalized spacial score (nSPS) is 17.0. The maximum absolute atomic E-state index is 13.6. The van der Waals surface area contributed by atoms with Crippen LogP contribution in [0.5, 0.6) is 5.75 Å². The fraction of sp³-hybridized carbons (Fsp3) is 0.424. The number of nitrogens with two attached hydrogens (primary N) is 1. The Morgan fingerprint density at radius 2 is 1.71 bits per heavy atom. The van der Waals surface area contributed by atoms with E-state index >= 15 is 0 Å². The first-order valence-electron chi connectivity index (χ1n) is 14.0. The molecule has 2 aromatic rings. The Morgan fingerprint density at radius 3 is 2.29 bits per heavy atom. The molecule has 0 fully saturated rings. The third-order valence-electron chi connectivity index (χ3n) is 7.56. The van der Waals surface area contributed by atoms with Crippen molar-refractivity contribution in [3.05, 3.63) is 89.6 Å². The van der Waals surface area contributed by atoms with Crippen LogP contribution in [0.1, 0.15) is 51.2 Å². The van der Waals surface area contributed by atoms with E-state index in [1.807, 2.05) is 79.7 Å². The van der Waals surface area contributed by atoms with Crippen molar-refractivity contribution in [2.24, 2.45) is 11.7 Å². The topological polar surface area (TPSA) is 114 Å². The molecule has 0 saturated carbocycles. The van der Waals surface area contributed by atoms with E-state index in [-0.39, 0.29) is 17.7 Å². The van der Waals surface area contributed by atoms with Gasteiger partial charge in [0.25, 0.3) is 0 Å². The molecule has 8 heteroatoms. The first kappa shape index (κ1) is 31.6. The Balaban J connectivity index is 1.83. The molecular weight excluding hydrogens is 516 g/mol. The fourth-order valence-corrected chi connectivity index (χ4v) is 5.01. The summed E-state index contributed by atoms with van der Waals surface area (Å²) < 4.78 is 5.31. The van der Waals surface area contributed by atoms with Crippen LogP contribution < -0.4 is 21.1 Å². The van der Waals surface area contributed by atoms with Crippen molar-refractivity contribution in [1.29, 1.82) is 0 Å². The molecule has 220 valence electrons. The highest BCUT2D eigenvalue weighted by atomic mass is 16.5. The largest absolute Gasteiger partial charge is 0.497 e. The van der Waals surface area contributed by atoms with Gasteiger partial charge in [0, 0.05) is 32.1 Å². The van der Waals surface area contributed by atoms with E-state index in [4.69, 9.17) is 10.5 Å². The van der Waals surface area contributed by atoms with E-state index in [0.717, 1.165) is 12.0 Å². The molecule has 2 aromatic carbocycles. The van der Waals surface area contributed by atoms with Gasteiger partial charge in [0.05, 0.1) is 18.1 Å². The second-order valence-corrected chi connectivity index (χ2v) is 11.6. The smallest absolute Gasteiger partial charge is 0.246 e. The molecule has 0 bridgehead atoms. The van der Waals surface area contributed by atoms with Gasteiger partial charge >= 0.3 is 0 Å². The Hall–Kier alpha value is -3.91. The van der Waals surface area contributed by atoms with Gasteiger partial charge in [-0.15, -0.1) is 0 Å². The van der Waals surface area contributed by atoms with E-state index in [2.05, 4.69) is 10.6 Å². The lowest BCUT2D eigenvalue weighted by molar-refractivity contribution is -0.135. The highest BCUT2D eigenvalue weighted by molar-refractivity contribution is 5.92. The first-order valence-corrected chi connectivity index (χ1v) is 14.0. The van der Waals surface area contributed by atoms with Crippen LogP contribution in [0.15, 0.2) is 78.5 Å². The number of nitrogens with one attached hydrogen (secondary N) is 2. The summed E-state index contributed by atoms with van der Waals surface area (Å²) in [6.07, 6.45) is 8.38. The molecule has 1 aliphatic carbocycles. The zero-order chi connectivity index (χ0) is 30.2. The zero-order valence-corrected chi connectivity index (χ0v) is 25.1. The molecule has 0 radical (unpaired) electrons. The van der Waals surface area contributed by atoms with Gasteiger partial charge in [0.15, 0.2) is 0 Å². The minimum absolute atomic E-state index is 0.0580. The summed E-state index contributed by atoms with van der Waals surface area (Å²) in [4.78, 5) is 41.5. The molecule has 4 N–H and O–H groups in total. The molecule has 3 atom stereocenters. The summed E-state index contributed by atoms with van der Waals surface area (Å²) in [6.45, 7) is 5.15. The van der Waals surface area contributed by atoms with E-state index in [1.165, 1.54) is 5.56 Å². The van der Waals surface area contributed by atoms with Crippen LogP contribution in [-0.2, 0) is 26.2 Å². The minimum Gasteiger partial charge on any atom is -0.497 e. The highest BCUT2D eigenvalue weighted by Crippen LogP contribution is 2.38. The predicted octanol–water partition coefficient (Wildman–Crippen LogP) is 3.86. The van der Waals surface area contributed by atoms with Crippen molar-refractivity contribution < 1.29 is 19.1 Å². The molecule has 8 nitrogen and oxygen atoms in total. The molecule has 0 spiro atoms. The summed E-state index contributed by atoms with van der Waals surface area (Å²) in [5.74, 6) is -0.365. The van der Waals surface area contributed by atoms with Gasteiger partial charge in [-0.05, 0) is 63.3 Å². The highest BCUT2D eigenvalue weighted by Gasteiger charge is 2.43. The number of aryl methyl sites for hydroxylation is 1. The Morgan fingerprint density at radius 1 is 1.05 bits per heavy atom. The Labute approximate surface area is 244 Å². The number of allylic oxidation sites excluding steroid dienone is 3. The lowest BCUT2D eigenvalue weighted by Crippen LogP contribution is -2.55. The van der Waals surface area contributed by atoms with Gasteiger partial charge in [-0.2, -0.15) is 0 Å². The molecule has 0 saturated heterocycles. The summed E-state index contributed by atoms with van der Waals surface area (Å²) >= 11 is 0. The quantitative estimate of drug-likeness (QED) is 0.341. The molecule has 0 heterocycles. The molecule has 3 unspecified atom stereocenters. The lowest BCUT2D eigenvalue weighted by Gasteiger charge is -2.37. The number of methoxy groups -OCH3 is 1. The van der Waals surface area contributed by atoms with Crippen LogP contribution in [0.3, 0.4) is 0 Å². The predicted molar refractivity (Wildman–Crippen MR) is 162 cm³/mol. The van der Waals surface area contributed by atoms with Gasteiger partial charge in [0.2, 0.25) is 17.7 Å². The third kappa shape index (κ3) is 8.07. The maximum Gasteiger partial charge on any atom is 0.246 e. The third-order valence-corrected chi connectivity index (χ3v) is 7.56. The van der Waals surface area contributed by atoms with E-state index < -0.39 is 22.9 Å². The number of ether oxygens (including phenoxy) is 1. The van der Waals surface area contributed by atoms with Gasteiger partial charge in [-0.1, -0.05) is 60.7 Å². The van der Waals surface area contributed by atoms with E-state index in [9.17, 15) is 14.4 Å². The van der Waals surface area contributed by atoms with Crippen LogP contribution in [0, 0.1) is 5.92 Å². The Bertz CT molecular complexity index is 1260. The monoisotopic (exact) mass is 560 g/mol. The van der Waals surface area contributed by atoms with Crippen molar-refractivity contribution >= 4 is 17.7 Å². The number of carbonyl (C=O) groups excluding carboxylic acids is 3. The number of rotatable bonds is 12. The summed E-state index contributed by atoms with van der Waals surface area (Å²) in [5, 5.41) is 5.88. The number of hydrogen-bond acceptors (Lipinski definition) is 5. The fourth-order valence-electron chi connectivity index (χ4n) is 5.01. The van der Waals surface area contributed by atoms with Gasteiger partial charge in [0.1, 0.15) is 11.8 Å². The molecule has 0 aliphatic heterocycles. The average Bonchev–Trinajstić information content (AvgIpc) is 2.95. The molecule has 0 aromatic heterocycles. The molecule has 1 aliphatic rings. The number of carbonyl (C=O) groups is 3. The molecule has 3 rings (SSSR count). The van der Waals surface area contributed by atoms with Crippen molar-refractivity contribution in [3.63, 3.8) is 0 Å². The van der Waals surface area contributed by atoms with Gasteiger partial charge in [-0.25, -0.2) is 0 Å². The molecule has 3 amide bonds. The number of benzene rings is 2. The van der Waals surface area contributed by atoms with Gasteiger partial charge in [-0.3, -0.25) is 14.4 Å². The zero-order valence-electron chi connectivity index (χ0n) is 25.1. The SMILES string of the molecule is COc1ccc(C(C)(C(=O)N(C)C)C2C=CCC(NC(=O)C(CCCc3ccccc3)NC(=O)C(C)(C)N)=C2)cc1. The van der Waals surface area contributed by atoms with Gasteiger partial charge < -0.3 is 26.0 Å². The van der Waals surface area contributed by atoms with Crippen LogP contribution >= 0.6 is 0 Å².